The van der Waals surface area contributed by atoms with E-state index in [2.05, 4.69) is 0 Å². The predicted octanol–water partition coefficient (Wildman–Crippen LogP) is -0.365. The molecule has 0 amide bonds. The molecule has 0 spiro atoms. The van der Waals surface area contributed by atoms with Crippen molar-refractivity contribution in [3.05, 3.63) is 0 Å². The number of aliphatic carboxylic acids is 1. The number of rotatable bonds is 6. The van der Waals surface area contributed by atoms with Gasteiger partial charge < -0.3 is 15.9 Å². The van der Waals surface area contributed by atoms with Crippen LogP contribution in [0, 0.1) is 0 Å². The first-order valence-corrected chi connectivity index (χ1v) is 5.48. The van der Waals surface area contributed by atoms with Crippen molar-refractivity contribution in [1.82, 2.24) is 4.90 Å². The van der Waals surface area contributed by atoms with Crippen LogP contribution in [0.2, 0.25) is 0 Å². The molecule has 88 valence electrons. The highest BCUT2D eigenvalue weighted by molar-refractivity contribution is 5.73. The SMILES string of the molecule is NC(CN(CCO)C1CCCC1)C(=O)O. The zero-order valence-electron chi connectivity index (χ0n) is 8.93. The average molecular weight is 216 g/mol. The van der Waals surface area contributed by atoms with Gasteiger partial charge in [0.25, 0.3) is 0 Å². The number of nitrogens with zero attached hydrogens (tertiary/aromatic N) is 1. The van der Waals surface area contributed by atoms with E-state index in [-0.39, 0.29) is 6.61 Å². The van der Waals surface area contributed by atoms with Crippen molar-refractivity contribution in [2.45, 2.75) is 37.8 Å². The Balaban J connectivity index is 2.45. The molecule has 15 heavy (non-hydrogen) atoms. The first-order valence-electron chi connectivity index (χ1n) is 5.48. The Morgan fingerprint density at radius 2 is 2.07 bits per heavy atom. The lowest BCUT2D eigenvalue weighted by atomic mass is 10.2. The Hall–Kier alpha value is -0.650. The van der Waals surface area contributed by atoms with E-state index in [4.69, 9.17) is 15.9 Å². The molecule has 0 aromatic rings. The number of nitrogens with two attached hydrogens (primary N) is 1. The van der Waals surface area contributed by atoms with E-state index in [1.807, 2.05) is 4.90 Å². The van der Waals surface area contributed by atoms with Crippen LogP contribution in [0.5, 0.6) is 0 Å². The molecule has 0 saturated heterocycles. The van der Waals surface area contributed by atoms with Gasteiger partial charge in [0.2, 0.25) is 0 Å². The molecular formula is C10H20N2O3. The molecule has 1 aliphatic carbocycles. The maximum absolute atomic E-state index is 10.6. The average Bonchev–Trinajstić information content (AvgIpc) is 2.69. The highest BCUT2D eigenvalue weighted by Crippen LogP contribution is 2.23. The maximum Gasteiger partial charge on any atom is 0.321 e. The highest BCUT2D eigenvalue weighted by Gasteiger charge is 2.25. The molecule has 1 saturated carbocycles. The molecule has 1 fully saturated rings. The summed E-state index contributed by atoms with van der Waals surface area (Å²) in [7, 11) is 0. The zero-order valence-corrected chi connectivity index (χ0v) is 8.93. The van der Waals surface area contributed by atoms with Gasteiger partial charge in [-0.2, -0.15) is 0 Å². The van der Waals surface area contributed by atoms with E-state index < -0.39 is 12.0 Å². The smallest absolute Gasteiger partial charge is 0.321 e. The van der Waals surface area contributed by atoms with Gasteiger partial charge in [-0.05, 0) is 12.8 Å². The second kappa shape index (κ2) is 6.05. The Kier molecular flexibility index (Phi) is 5.01. The van der Waals surface area contributed by atoms with Gasteiger partial charge in [0.15, 0.2) is 0 Å². The summed E-state index contributed by atoms with van der Waals surface area (Å²) < 4.78 is 0. The van der Waals surface area contributed by atoms with Crippen LogP contribution in [0.4, 0.5) is 0 Å². The van der Waals surface area contributed by atoms with Crippen LogP contribution in [0.25, 0.3) is 0 Å². The van der Waals surface area contributed by atoms with Crippen LogP contribution in [-0.2, 0) is 4.79 Å². The summed E-state index contributed by atoms with van der Waals surface area (Å²) >= 11 is 0. The molecule has 1 rings (SSSR count). The third-order valence-electron chi connectivity index (χ3n) is 2.98. The summed E-state index contributed by atoms with van der Waals surface area (Å²) in [5.74, 6) is -0.976. The van der Waals surface area contributed by atoms with Crippen LogP contribution in [0.1, 0.15) is 25.7 Å². The third-order valence-corrected chi connectivity index (χ3v) is 2.98. The molecule has 0 aromatic carbocycles. The molecule has 1 atom stereocenters. The van der Waals surface area contributed by atoms with Crippen LogP contribution in [0.15, 0.2) is 0 Å². The number of hydrogen-bond donors (Lipinski definition) is 3. The number of carboxylic acids is 1. The van der Waals surface area contributed by atoms with E-state index in [0.717, 1.165) is 12.8 Å². The lowest BCUT2D eigenvalue weighted by Crippen LogP contribution is -2.47. The molecular weight excluding hydrogens is 196 g/mol. The molecule has 4 N–H and O–H groups in total. The number of carbonyl (C=O) groups is 1. The maximum atomic E-state index is 10.6. The molecule has 0 bridgehead atoms. The van der Waals surface area contributed by atoms with Gasteiger partial charge >= 0.3 is 5.97 Å². The monoisotopic (exact) mass is 216 g/mol. The third kappa shape index (κ3) is 3.77. The minimum absolute atomic E-state index is 0.0584. The standard InChI is InChI=1S/C10H20N2O3/c11-9(10(14)15)7-12(5-6-13)8-3-1-2-4-8/h8-9,13H,1-7,11H2,(H,14,15). The molecule has 0 radical (unpaired) electrons. The van der Waals surface area contributed by atoms with Gasteiger partial charge in [0, 0.05) is 19.1 Å². The summed E-state index contributed by atoms with van der Waals surface area (Å²) in [4.78, 5) is 12.6. The lowest BCUT2D eigenvalue weighted by molar-refractivity contribution is -0.139. The summed E-state index contributed by atoms with van der Waals surface area (Å²) in [6.07, 6.45) is 4.56. The summed E-state index contributed by atoms with van der Waals surface area (Å²) in [5.41, 5.74) is 5.49. The molecule has 1 unspecified atom stereocenters. The quantitative estimate of drug-likeness (QED) is 0.564. The number of aliphatic hydroxyl groups is 1. The van der Waals surface area contributed by atoms with Crippen molar-refractivity contribution in [3.63, 3.8) is 0 Å². The molecule has 0 heterocycles. The summed E-state index contributed by atoms with van der Waals surface area (Å²) in [6.45, 7) is 0.912. The van der Waals surface area contributed by atoms with Gasteiger partial charge in [0.05, 0.1) is 6.61 Å². The Labute approximate surface area is 89.9 Å². The topological polar surface area (TPSA) is 86.8 Å². The van der Waals surface area contributed by atoms with Crippen LogP contribution < -0.4 is 5.73 Å². The fraction of sp³-hybridized carbons (Fsp3) is 0.900. The van der Waals surface area contributed by atoms with Crippen molar-refractivity contribution in [3.8, 4) is 0 Å². The van der Waals surface area contributed by atoms with Crippen molar-refractivity contribution in [1.29, 1.82) is 0 Å². The van der Waals surface area contributed by atoms with Crippen LogP contribution >= 0.6 is 0 Å². The van der Waals surface area contributed by atoms with E-state index >= 15 is 0 Å². The van der Waals surface area contributed by atoms with Gasteiger partial charge in [-0.15, -0.1) is 0 Å². The zero-order chi connectivity index (χ0) is 11.3. The Bertz CT molecular complexity index is 205. The summed E-state index contributed by atoms with van der Waals surface area (Å²) in [5, 5.41) is 17.6. The van der Waals surface area contributed by atoms with E-state index in [0.29, 0.717) is 19.1 Å². The van der Waals surface area contributed by atoms with Crippen molar-refractivity contribution >= 4 is 5.97 Å². The molecule has 0 aliphatic heterocycles. The lowest BCUT2D eigenvalue weighted by Gasteiger charge is -2.29. The minimum atomic E-state index is -0.976. The fourth-order valence-corrected chi connectivity index (χ4v) is 2.15. The van der Waals surface area contributed by atoms with E-state index in [1.165, 1.54) is 12.8 Å². The molecule has 5 heteroatoms. The van der Waals surface area contributed by atoms with Crippen LogP contribution in [-0.4, -0.2) is 52.9 Å². The fourth-order valence-electron chi connectivity index (χ4n) is 2.15. The molecule has 5 nitrogen and oxygen atoms in total. The number of carboxylic acid groups (broad SMARTS) is 1. The van der Waals surface area contributed by atoms with Gasteiger partial charge in [0.1, 0.15) is 6.04 Å². The predicted molar refractivity (Wildman–Crippen MR) is 56.5 cm³/mol. The summed E-state index contributed by atoms with van der Waals surface area (Å²) in [6, 6.07) is -0.445. The highest BCUT2D eigenvalue weighted by atomic mass is 16.4. The molecule has 0 aromatic heterocycles. The normalized spacial score (nSPS) is 19.7. The van der Waals surface area contributed by atoms with Crippen molar-refractivity contribution in [2.75, 3.05) is 19.7 Å². The first kappa shape index (κ1) is 12.4. The van der Waals surface area contributed by atoms with E-state index in [1.54, 1.807) is 0 Å². The number of hydrogen-bond acceptors (Lipinski definition) is 4. The number of aliphatic hydroxyl groups excluding tert-OH is 1. The Morgan fingerprint density at radius 1 is 1.47 bits per heavy atom. The largest absolute Gasteiger partial charge is 0.480 e. The second-order valence-corrected chi connectivity index (χ2v) is 4.10. The minimum Gasteiger partial charge on any atom is -0.480 e. The van der Waals surface area contributed by atoms with E-state index in [9.17, 15) is 4.79 Å². The first-order chi connectivity index (χ1) is 7.15. The van der Waals surface area contributed by atoms with Gasteiger partial charge in [-0.3, -0.25) is 9.69 Å². The Morgan fingerprint density at radius 3 is 2.53 bits per heavy atom. The van der Waals surface area contributed by atoms with Crippen molar-refractivity contribution < 1.29 is 15.0 Å². The molecule has 1 aliphatic rings. The second-order valence-electron chi connectivity index (χ2n) is 4.10. The van der Waals surface area contributed by atoms with Gasteiger partial charge in [-0.25, -0.2) is 0 Å². The van der Waals surface area contributed by atoms with Crippen molar-refractivity contribution in [2.24, 2.45) is 5.73 Å². The van der Waals surface area contributed by atoms with Crippen LogP contribution in [0.3, 0.4) is 0 Å². The van der Waals surface area contributed by atoms with Gasteiger partial charge in [-0.1, -0.05) is 12.8 Å².